The molecule has 1 amide bonds. The zero-order valence-corrected chi connectivity index (χ0v) is 10.9. The molecule has 0 bridgehead atoms. The van der Waals surface area contributed by atoms with Crippen LogP contribution in [0.15, 0.2) is 0 Å². The lowest BCUT2D eigenvalue weighted by molar-refractivity contribution is -0.149. The van der Waals surface area contributed by atoms with Crippen molar-refractivity contribution in [3.8, 4) is 0 Å². The summed E-state index contributed by atoms with van der Waals surface area (Å²) in [6.45, 7) is 3.78. The first-order valence-electron chi connectivity index (χ1n) is 6.34. The molecule has 4 N–H and O–H groups in total. The molecule has 0 aromatic carbocycles. The summed E-state index contributed by atoms with van der Waals surface area (Å²) in [7, 11) is 0. The minimum Gasteiger partial charge on any atom is -0.480 e. The van der Waals surface area contributed by atoms with E-state index in [1.54, 1.807) is 0 Å². The molecule has 3 atom stereocenters. The van der Waals surface area contributed by atoms with Gasteiger partial charge in [-0.2, -0.15) is 0 Å². The van der Waals surface area contributed by atoms with Crippen LogP contribution in [0, 0.1) is 0 Å². The third kappa shape index (κ3) is 3.43. The summed E-state index contributed by atoms with van der Waals surface area (Å²) in [6.07, 6.45) is 1.74. The predicted molar refractivity (Wildman–Crippen MR) is 66.0 cm³/mol. The lowest BCUT2D eigenvalue weighted by atomic mass is 9.96. The molecule has 6 heteroatoms. The Morgan fingerprint density at radius 1 is 1.50 bits per heavy atom. The van der Waals surface area contributed by atoms with Gasteiger partial charge in [0.1, 0.15) is 11.6 Å². The van der Waals surface area contributed by atoms with E-state index in [0.29, 0.717) is 25.8 Å². The third-order valence-corrected chi connectivity index (χ3v) is 3.28. The molecule has 3 unspecified atom stereocenters. The molecule has 104 valence electrons. The van der Waals surface area contributed by atoms with Crippen molar-refractivity contribution in [2.24, 2.45) is 5.73 Å². The molecule has 6 nitrogen and oxygen atoms in total. The van der Waals surface area contributed by atoms with E-state index in [1.807, 2.05) is 6.92 Å². The fourth-order valence-electron chi connectivity index (χ4n) is 2.15. The van der Waals surface area contributed by atoms with Crippen LogP contribution in [0.5, 0.6) is 0 Å². The van der Waals surface area contributed by atoms with Crippen molar-refractivity contribution in [2.75, 3.05) is 6.54 Å². The number of aliphatic carboxylic acids is 1. The van der Waals surface area contributed by atoms with E-state index < -0.39 is 17.6 Å². The van der Waals surface area contributed by atoms with E-state index in [1.165, 1.54) is 6.92 Å². The molecule has 1 aliphatic heterocycles. The second-order valence-electron chi connectivity index (χ2n) is 4.94. The third-order valence-electron chi connectivity index (χ3n) is 3.28. The first-order valence-corrected chi connectivity index (χ1v) is 6.34. The number of rotatable bonds is 6. The van der Waals surface area contributed by atoms with Gasteiger partial charge in [0.2, 0.25) is 5.91 Å². The summed E-state index contributed by atoms with van der Waals surface area (Å²) in [5, 5.41) is 11.8. The van der Waals surface area contributed by atoms with Crippen molar-refractivity contribution in [2.45, 2.75) is 57.3 Å². The number of carbonyl (C=O) groups excluding carboxylic acids is 1. The first kappa shape index (κ1) is 14.9. The lowest BCUT2D eigenvalue weighted by Gasteiger charge is -2.27. The molecule has 0 aromatic rings. The number of amides is 1. The van der Waals surface area contributed by atoms with Crippen molar-refractivity contribution in [1.82, 2.24) is 5.32 Å². The molecule has 0 saturated carbocycles. The quantitative estimate of drug-likeness (QED) is 0.634. The van der Waals surface area contributed by atoms with Gasteiger partial charge in [-0.3, -0.25) is 4.79 Å². The van der Waals surface area contributed by atoms with E-state index >= 15 is 0 Å². The lowest BCUT2D eigenvalue weighted by Crippen LogP contribution is -2.54. The van der Waals surface area contributed by atoms with Crippen LogP contribution in [0.25, 0.3) is 0 Å². The summed E-state index contributed by atoms with van der Waals surface area (Å²) in [5.41, 5.74) is 4.24. The highest BCUT2D eigenvalue weighted by Gasteiger charge is 2.38. The van der Waals surface area contributed by atoms with Gasteiger partial charge >= 0.3 is 5.97 Å². The number of carbonyl (C=O) groups is 2. The molecular formula is C12H22N2O4. The van der Waals surface area contributed by atoms with Gasteiger partial charge in [-0.15, -0.1) is 0 Å². The van der Waals surface area contributed by atoms with Gasteiger partial charge in [0.15, 0.2) is 0 Å². The van der Waals surface area contributed by atoms with Gasteiger partial charge in [0.05, 0.1) is 6.10 Å². The smallest absolute Gasteiger partial charge is 0.329 e. The second-order valence-corrected chi connectivity index (χ2v) is 4.94. The molecule has 1 rings (SSSR count). The normalized spacial score (nSPS) is 26.6. The molecule has 1 saturated heterocycles. The molecule has 0 aliphatic carbocycles. The molecule has 18 heavy (non-hydrogen) atoms. The van der Waals surface area contributed by atoms with Crippen LogP contribution in [0.2, 0.25) is 0 Å². The van der Waals surface area contributed by atoms with Crippen molar-refractivity contribution in [3.05, 3.63) is 0 Å². The average molecular weight is 258 g/mol. The van der Waals surface area contributed by atoms with Crippen LogP contribution in [-0.4, -0.2) is 41.3 Å². The summed E-state index contributed by atoms with van der Waals surface area (Å²) >= 11 is 0. The van der Waals surface area contributed by atoms with Gasteiger partial charge in [0.25, 0.3) is 0 Å². The van der Waals surface area contributed by atoms with Gasteiger partial charge in [0, 0.05) is 6.54 Å². The number of ether oxygens (including phenoxy) is 1. The van der Waals surface area contributed by atoms with Crippen LogP contribution in [0.1, 0.15) is 39.5 Å². The maximum Gasteiger partial charge on any atom is 0.329 e. The number of nitrogens with two attached hydrogens (primary N) is 1. The molecule has 1 heterocycles. The second kappa shape index (κ2) is 6.15. The predicted octanol–water partition coefficient (Wildman–Crippen LogP) is 0.252. The van der Waals surface area contributed by atoms with Crippen LogP contribution >= 0.6 is 0 Å². The highest BCUT2D eigenvalue weighted by molar-refractivity contribution is 5.88. The molecule has 1 aliphatic rings. The highest BCUT2D eigenvalue weighted by atomic mass is 16.5. The van der Waals surface area contributed by atoms with Crippen LogP contribution < -0.4 is 11.1 Å². The summed E-state index contributed by atoms with van der Waals surface area (Å²) in [6, 6.07) is 0. The van der Waals surface area contributed by atoms with Crippen LogP contribution in [-0.2, 0) is 14.3 Å². The van der Waals surface area contributed by atoms with Gasteiger partial charge in [-0.25, -0.2) is 4.79 Å². The Hall–Kier alpha value is -1.14. The van der Waals surface area contributed by atoms with Gasteiger partial charge in [-0.05, 0) is 26.2 Å². The molecule has 0 spiro atoms. The Kier molecular flexibility index (Phi) is 5.10. The van der Waals surface area contributed by atoms with Crippen molar-refractivity contribution in [1.29, 1.82) is 0 Å². The van der Waals surface area contributed by atoms with E-state index in [-0.39, 0.29) is 12.0 Å². The fourth-order valence-corrected chi connectivity index (χ4v) is 2.15. The summed E-state index contributed by atoms with van der Waals surface area (Å²) < 4.78 is 5.45. The topological polar surface area (TPSA) is 102 Å². The SMILES string of the molecule is CCCC(C)(NC(=O)C1CCC(CN)O1)C(=O)O. The first-order chi connectivity index (χ1) is 8.42. The van der Waals surface area contributed by atoms with Crippen molar-refractivity contribution in [3.63, 3.8) is 0 Å². The number of hydrogen-bond acceptors (Lipinski definition) is 4. The van der Waals surface area contributed by atoms with Crippen molar-refractivity contribution >= 4 is 11.9 Å². The number of carboxylic acids is 1. The van der Waals surface area contributed by atoms with Gasteiger partial charge in [-0.1, -0.05) is 13.3 Å². The minimum absolute atomic E-state index is 0.0944. The van der Waals surface area contributed by atoms with E-state index in [2.05, 4.69) is 5.32 Å². The van der Waals surface area contributed by atoms with Crippen LogP contribution in [0.3, 0.4) is 0 Å². The maximum atomic E-state index is 12.0. The van der Waals surface area contributed by atoms with Crippen LogP contribution in [0.4, 0.5) is 0 Å². The highest BCUT2D eigenvalue weighted by Crippen LogP contribution is 2.21. The maximum absolute atomic E-state index is 12.0. The molecular weight excluding hydrogens is 236 g/mol. The molecule has 1 fully saturated rings. The Bertz CT molecular complexity index is 321. The minimum atomic E-state index is -1.23. The Morgan fingerprint density at radius 2 is 2.17 bits per heavy atom. The average Bonchev–Trinajstić information content (AvgIpc) is 2.77. The Balaban J connectivity index is 2.60. The Morgan fingerprint density at radius 3 is 2.61 bits per heavy atom. The monoisotopic (exact) mass is 258 g/mol. The zero-order valence-electron chi connectivity index (χ0n) is 10.9. The summed E-state index contributed by atoms with van der Waals surface area (Å²) in [4.78, 5) is 23.2. The zero-order chi connectivity index (χ0) is 13.8. The van der Waals surface area contributed by atoms with E-state index in [0.717, 1.165) is 6.42 Å². The number of nitrogens with one attached hydrogen (secondary N) is 1. The van der Waals surface area contributed by atoms with E-state index in [9.17, 15) is 14.7 Å². The molecule has 0 radical (unpaired) electrons. The van der Waals surface area contributed by atoms with Gasteiger partial charge < -0.3 is 20.9 Å². The largest absolute Gasteiger partial charge is 0.480 e. The Labute approximate surface area is 107 Å². The number of carboxylic acid groups (broad SMARTS) is 1. The fraction of sp³-hybridized carbons (Fsp3) is 0.833. The summed E-state index contributed by atoms with van der Waals surface area (Å²) in [5.74, 6) is -1.38. The molecule has 0 aromatic heterocycles. The number of hydrogen-bond donors (Lipinski definition) is 3. The van der Waals surface area contributed by atoms with Crippen molar-refractivity contribution < 1.29 is 19.4 Å². The standard InChI is InChI=1S/C12H22N2O4/c1-3-6-12(2,11(16)17)14-10(15)9-5-4-8(7-13)18-9/h8-9H,3-7,13H2,1-2H3,(H,14,15)(H,16,17). The van der Waals surface area contributed by atoms with E-state index in [4.69, 9.17) is 10.5 Å².